The lowest BCUT2D eigenvalue weighted by Gasteiger charge is -2.08. The van der Waals surface area contributed by atoms with Gasteiger partial charge in [-0.15, -0.1) is 0 Å². The van der Waals surface area contributed by atoms with Gasteiger partial charge in [0.05, 0.1) is 23.1 Å². The molecule has 0 aromatic heterocycles. The highest BCUT2D eigenvalue weighted by molar-refractivity contribution is 8.23. The number of nitrogens with one attached hydrogen (secondary N) is 1. The molecule has 0 bridgehead atoms. The van der Waals surface area contributed by atoms with E-state index in [1.54, 1.807) is 13.0 Å². The summed E-state index contributed by atoms with van der Waals surface area (Å²) in [4.78, 5) is 11.1. The number of carbonyl (C=O) groups excluding carboxylic acids is 1. The van der Waals surface area contributed by atoms with Gasteiger partial charge in [0.2, 0.25) is 0 Å². The van der Waals surface area contributed by atoms with Crippen molar-refractivity contribution < 1.29 is 9.53 Å². The number of anilines is 1. The minimum absolute atomic E-state index is 0.199. The Balaban J connectivity index is 2.40. The highest BCUT2D eigenvalue weighted by Crippen LogP contribution is 2.22. The second-order valence-electron chi connectivity index (χ2n) is 2.99. The Kier molecular flexibility index (Phi) is 6.32. The number of rotatable bonds is 4. The van der Waals surface area contributed by atoms with Gasteiger partial charge in [-0.2, -0.15) is 0 Å². The van der Waals surface area contributed by atoms with E-state index in [1.165, 1.54) is 11.8 Å². The van der Waals surface area contributed by atoms with Crippen LogP contribution in [0.2, 0.25) is 5.02 Å². The van der Waals surface area contributed by atoms with Crippen LogP contribution in [0.4, 0.5) is 5.69 Å². The number of halogens is 1. The molecule has 0 atom stereocenters. The van der Waals surface area contributed by atoms with Crippen molar-refractivity contribution in [3.05, 3.63) is 29.3 Å². The van der Waals surface area contributed by atoms with Gasteiger partial charge < -0.3 is 10.1 Å². The molecule has 0 aliphatic rings. The van der Waals surface area contributed by atoms with Gasteiger partial charge in [0.15, 0.2) is 0 Å². The third kappa shape index (κ3) is 5.39. The van der Waals surface area contributed by atoms with E-state index in [4.69, 9.17) is 28.6 Å². The minimum Gasteiger partial charge on any atom is -0.465 e. The molecule has 6 heteroatoms. The van der Waals surface area contributed by atoms with E-state index >= 15 is 0 Å². The van der Waals surface area contributed by atoms with Gasteiger partial charge in [0.25, 0.3) is 0 Å². The van der Waals surface area contributed by atoms with Crippen molar-refractivity contribution in [2.45, 2.75) is 6.92 Å². The Hall–Kier alpha value is -0.780. The van der Waals surface area contributed by atoms with Gasteiger partial charge >= 0.3 is 5.97 Å². The Labute approximate surface area is 115 Å². The first-order chi connectivity index (χ1) is 8.13. The van der Waals surface area contributed by atoms with Gasteiger partial charge in [-0.3, -0.25) is 4.79 Å². The monoisotopic (exact) mass is 289 g/mol. The first-order valence-corrected chi connectivity index (χ1v) is 6.74. The molecular weight excluding hydrogens is 278 g/mol. The summed E-state index contributed by atoms with van der Waals surface area (Å²) in [5.74, 6) is -0.0785. The number of thiocarbonyl (C=S) groups is 1. The molecule has 17 heavy (non-hydrogen) atoms. The number of carbonyl (C=O) groups is 1. The largest absolute Gasteiger partial charge is 0.465 e. The van der Waals surface area contributed by atoms with E-state index in [9.17, 15) is 4.79 Å². The molecule has 1 N–H and O–H groups in total. The summed E-state index contributed by atoms with van der Waals surface area (Å²) < 4.78 is 5.28. The van der Waals surface area contributed by atoms with E-state index in [-0.39, 0.29) is 11.7 Å². The maximum absolute atomic E-state index is 11.1. The first kappa shape index (κ1) is 14.3. The summed E-state index contributed by atoms with van der Waals surface area (Å²) >= 11 is 12.3. The summed E-state index contributed by atoms with van der Waals surface area (Å²) in [5, 5.41) is 3.55. The van der Waals surface area contributed by atoms with Crippen molar-refractivity contribution in [2.75, 3.05) is 17.7 Å². The van der Waals surface area contributed by atoms with Gasteiger partial charge in [-0.1, -0.05) is 47.7 Å². The summed E-state index contributed by atoms with van der Waals surface area (Å²) in [5.41, 5.74) is 0.732. The van der Waals surface area contributed by atoms with Crippen LogP contribution in [0.15, 0.2) is 24.3 Å². The van der Waals surface area contributed by atoms with Gasteiger partial charge in [-0.25, -0.2) is 0 Å². The SMILES string of the molecule is CCOC(=O)CSC(=S)Nc1ccccc1Cl. The normalized spacial score (nSPS) is 9.76. The maximum Gasteiger partial charge on any atom is 0.316 e. The second kappa shape index (κ2) is 7.53. The molecule has 92 valence electrons. The third-order valence-electron chi connectivity index (χ3n) is 1.74. The molecule has 0 spiro atoms. The van der Waals surface area contributed by atoms with Crippen LogP contribution in [0.3, 0.4) is 0 Å². The van der Waals surface area contributed by atoms with Crippen LogP contribution in [0, 0.1) is 0 Å². The zero-order valence-electron chi connectivity index (χ0n) is 9.23. The highest BCUT2D eigenvalue weighted by atomic mass is 35.5. The fourth-order valence-electron chi connectivity index (χ4n) is 1.04. The second-order valence-corrected chi connectivity index (χ2v) is 5.05. The maximum atomic E-state index is 11.1. The van der Waals surface area contributed by atoms with Crippen LogP contribution in [0.1, 0.15) is 6.92 Å². The topological polar surface area (TPSA) is 38.3 Å². The lowest BCUT2D eigenvalue weighted by atomic mass is 10.3. The number of benzene rings is 1. The van der Waals surface area contributed by atoms with E-state index in [2.05, 4.69) is 5.32 Å². The van der Waals surface area contributed by atoms with Crippen LogP contribution >= 0.6 is 35.6 Å². The molecule has 0 saturated carbocycles. The Bertz CT molecular complexity index is 412. The van der Waals surface area contributed by atoms with Gasteiger partial charge in [0, 0.05) is 0 Å². The summed E-state index contributed by atoms with van der Waals surface area (Å²) in [7, 11) is 0. The minimum atomic E-state index is -0.277. The van der Waals surface area contributed by atoms with Crippen molar-refractivity contribution in [3.8, 4) is 0 Å². The molecule has 0 saturated heterocycles. The van der Waals surface area contributed by atoms with Crippen LogP contribution < -0.4 is 5.32 Å². The molecule has 0 amide bonds. The quantitative estimate of drug-likeness (QED) is 0.680. The van der Waals surface area contributed by atoms with Crippen LogP contribution in [-0.2, 0) is 9.53 Å². The Morgan fingerprint density at radius 1 is 1.53 bits per heavy atom. The standard InChI is InChI=1S/C11H12ClNO2S2/c1-2-15-10(14)7-17-11(16)13-9-6-4-3-5-8(9)12/h3-6H,2,7H2,1H3,(H,13,16). The molecule has 0 radical (unpaired) electrons. The van der Waals surface area contributed by atoms with Gasteiger partial charge in [-0.05, 0) is 19.1 Å². The summed E-state index contributed by atoms with van der Waals surface area (Å²) in [6.45, 7) is 2.15. The van der Waals surface area contributed by atoms with Crippen molar-refractivity contribution in [2.24, 2.45) is 0 Å². The predicted molar refractivity (Wildman–Crippen MR) is 76.8 cm³/mol. The smallest absolute Gasteiger partial charge is 0.316 e. The molecule has 1 rings (SSSR count). The fourth-order valence-corrected chi connectivity index (χ4v) is 2.02. The number of hydrogen-bond acceptors (Lipinski definition) is 4. The molecule has 3 nitrogen and oxygen atoms in total. The summed E-state index contributed by atoms with van der Waals surface area (Å²) in [6.07, 6.45) is 0. The average molecular weight is 290 g/mol. The molecule has 0 fully saturated rings. The number of thioether (sulfide) groups is 1. The molecule has 1 aromatic rings. The number of para-hydroxylation sites is 1. The van der Waals surface area contributed by atoms with Crippen molar-refractivity contribution in [1.29, 1.82) is 0 Å². The molecule has 0 unspecified atom stereocenters. The lowest BCUT2D eigenvalue weighted by molar-refractivity contribution is -0.139. The molecule has 1 aromatic carbocycles. The zero-order chi connectivity index (χ0) is 12.7. The number of hydrogen-bond donors (Lipinski definition) is 1. The fraction of sp³-hybridized carbons (Fsp3) is 0.273. The van der Waals surface area contributed by atoms with E-state index in [0.717, 1.165) is 5.69 Å². The van der Waals surface area contributed by atoms with Crippen molar-refractivity contribution in [3.63, 3.8) is 0 Å². The van der Waals surface area contributed by atoms with E-state index in [0.29, 0.717) is 16.0 Å². The first-order valence-electron chi connectivity index (χ1n) is 4.97. The molecule has 0 aliphatic heterocycles. The van der Waals surface area contributed by atoms with Crippen LogP contribution in [0.5, 0.6) is 0 Å². The van der Waals surface area contributed by atoms with Crippen LogP contribution in [0.25, 0.3) is 0 Å². The molecular formula is C11H12ClNO2S2. The Morgan fingerprint density at radius 3 is 2.88 bits per heavy atom. The predicted octanol–water partition coefficient (Wildman–Crippen LogP) is 3.33. The van der Waals surface area contributed by atoms with Crippen molar-refractivity contribution >= 4 is 51.6 Å². The highest BCUT2D eigenvalue weighted by Gasteiger charge is 2.06. The lowest BCUT2D eigenvalue weighted by Crippen LogP contribution is -2.12. The summed E-state index contributed by atoms with van der Waals surface area (Å²) in [6, 6.07) is 7.28. The number of esters is 1. The van der Waals surface area contributed by atoms with Crippen molar-refractivity contribution in [1.82, 2.24) is 0 Å². The Morgan fingerprint density at radius 2 is 2.24 bits per heavy atom. The average Bonchev–Trinajstić information content (AvgIpc) is 2.30. The number of ether oxygens (including phenoxy) is 1. The molecule has 0 heterocycles. The zero-order valence-corrected chi connectivity index (χ0v) is 11.6. The third-order valence-corrected chi connectivity index (χ3v) is 3.27. The van der Waals surface area contributed by atoms with E-state index < -0.39 is 0 Å². The van der Waals surface area contributed by atoms with Gasteiger partial charge in [0.1, 0.15) is 4.32 Å². The van der Waals surface area contributed by atoms with Crippen LogP contribution in [-0.4, -0.2) is 22.6 Å². The molecule has 0 aliphatic carbocycles. The van der Waals surface area contributed by atoms with E-state index in [1.807, 2.05) is 18.2 Å².